The molecule has 0 aliphatic carbocycles. The first kappa shape index (κ1) is 21.8. The average Bonchev–Trinajstić information content (AvgIpc) is 3.26. The minimum absolute atomic E-state index is 0.0319. The smallest absolute Gasteiger partial charge is 0.321 e. The Hall–Kier alpha value is -3.39. The molecular weight excluding hydrogens is 424 g/mol. The van der Waals surface area contributed by atoms with Gasteiger partial charge in [-0.05, 0) is 31.2 Å². The maximum absolute atomic E-state index is 12.7. The summed E-state index contributed by atoms with van der Waals surface area (Å²) in [6.07, 6.45) is 0.261. The summed E-state index contributed by atoms with van der Waals surface area (Å²) in [5, 5.41) is 5.64. The first-order chi connectivity index (χ1) is 15.6. The van der Waals surface area contributed by atoms with E-state index in [0.29, 0.717) is 32.8 Å². The Morgan fingerprint density at radius 1 is 1.00 bits per heavy atom. The molecule has 0 bridgehead atoms. The van der Waals surface area contributed by atoms with Gasteiger partial charge in [0.25, 0.3) is 0 Å². The molecule has 32 heavy (non-hydrogen) atoms. The molecule has 2 heterocycles. The predicted octanol–water partition coefficient (Wildman–Crippen LogP) is 3.95. The van der Waals surface area contributed by atoms with Gasteiger partial charge < -0.3 is 19.9 Å². The minimum atomic E-state index is -0.138. The number of carbonyl (C=O) groups is 2. The van der Waals surface area contributed by atoms with Gasteiger partial charge in [0.05, 0.1) is 12.1 Å². The topological polar surface area (TPSA) is 74.8 Å². The Labute approximate surface area is 191 Å². The lowest BCUT2D eigenvalue weighted by atomic mass is 10.2. The van der Waals surface area contributed by atoms with Crippen LogP contribution in [0.5, 0.6) is 5.75 Å². The first-order valence-electron chi connectivity index (χ1n) is 10.6. The van der Waals surface area contributed by atoms with Crippen LogP contribution >= 0.6 is 11.3 Å². The maximum atomic E-state index is 12.7. The zero-order chi connectivity index (χ0) is 22.3. The number of piperazine rings is 1. The van der Waals surface area contributed by atoms with Gasteiger partial charge in [-0.1, -0.05) is 35.9 Å². The number of hydrogen-bond donors (Lipinski definition) is 1. The van der Waals surface area contributed by atoms with Crippen molar-refractivity contribution < 1.29 is 14.3 Å². The van der Waals surface area contributed by atoms with E-state index in [4.69, 9.17) is 4.74 Å². The van der Waals surface area contributed by atoms with Crippen molar-refractivity contribution >= 4 is 29.0 Å². The third-order valence-corrected chi connectivity index (χ3v) is 6.13. The number of carbonyl (C=O) groups excluding carboxylic acids is 2. The van der Waals surface area contributed by atoms with Crippen LogP contribution in [0.1, 0.15) is 16.3 Å². The first-order valence-corrected chi connectivity index (χ1v) is 11.5. The Morgan fingerprint density at radius 3 is 2.41 bits per heavy atom. The van der Waals surface area contributed by atoms with Crippen molar-refractivity contribution in [2.75, 3.05) is 31.5 Å². The summed E-state index contributed by atoms with van der Waals surface area (Å²) in [5.41, 5.74) is 2.71. The lowest BCUT2D eigenvalue weighted by molar-refractivity contribution is -0.131. The van der Waals surface area contributed by atoms with E-state index in [-0.39, 0.29) is 18.4 Å². The van der Waals surface area contributed by atoms with E-state index in [9.17, 15) is 9.59 Å². The fourth-order valence-electron chi connectivity index (χ4n) is 3.43. The number of anilines is 1. The van der Waals surface area contributed by atoms with Crippen molar-refractivity contribution in [2.45, 2.75) is 20.0 Å². The number of aryl methyl sites for hydroxylation is 1. The monoisotopic (exact) mass is 450 g/mol. The summed E-state index contributed by atoms with van der Waals surface area (Å²) < 4.78 is 5.77. The summed E-state index contributed by atoms with van der Waals surface area (Å²) in [5.74, 6) is 0.835. The van der Waals surface area contributed by atoms with Crippen LogP contribution in [-0.2, 0) is 17.8 Å². The number of ether oxygens (including phenoxy) is 1. The molecular formula is C24H26N4O3S. The van der Waals surface area contributed by atoms with Crippen LogP contribution in [0, 0.1) is 6.92 Å². The van der Waals surface area contributed by atoms with E-state index < -0.39 is 0 Å². The number of benzene rings is 2. The number of hydrogen-bond acceptors (Lipinski definition) is 5. The third kappa shape index (κ3) is 5.85. The molecule has 2 aromatic carbocycles. The van der Waals surface area contributed by atoms with E-state index in [1.807, 2.05) is 66.9 Å². The summed E-state index contributed by atoms with van der Waals surface area (Å²) >= 11 is 1.50. The van der Waals surface area contributed by atoms with Gasteiger partial charge in [-0.15, -0.1) is 11.3 Å². The molecule has 8 heteroatoms. The quantitative estimate of drug-likeness (QED) is 0.617. The highest BCUT2D eigenvalue weighted by molar-refractivity contribution is 7.09. The van der Waals surface area contributed by atoms with Crippen molar-refractivity contribution in [2.24, 2.45) is 0 Å². The molecule has 1 saturated heterocycles. The molecule has 1 aliphatic rings. The van der Waals surface area contributed by atoms with Gasteiger partial charge in [-0.3, -0.25) is 4.79 Å². The molecule has 1 N–H and O–H groups in total. The zero-order valence-corrected chi connectivity index (χ0v) is 18.8. The van der Waals surface area contributed by atoms with Gasteiger partial charge in [0, 0.05) is 37.2 Å². The van der Waals surface area contributed by atoms with Crippen LogP contribution in [0.15, 0.2) is 60.0 Å². The van der Waals surface area contributed by atoms with Crippen LogP contribution in [0.4, 0.5) is 10.5 Å². The molecule has 3 aromatic rings. The summed E-state index contributed by atoms with van der Waals surface area (Å²) in [6.45, 7) is 4.49. The fraction of sp³-hybridized carbons (Fsp3) is 0.292. The average molecular weight is 451 g/mol. The van der Waals surface area contributed by atoms with Gasteiger partial charge in [-0.25, -0.2) is 9.78 Å². The van der Waals surface area contributed by atoms with Crippen molar-refractivity contribution in [1.29, 1.82) is 0 Å². The largest absolute Gasteiger partial charge is 0.486 e. The van der Waals surface area contributed by atoms with Crippen LogP contribution in [0.2, 0.25) is 0 Å². The molecule has 0 saturated carbocycles. The Balaban J connectivity index is 1.22. The standard InChI is InChI=1S/C24H26N4O3S/c1-18-7-9-21(10-8-18)31-16-22-25-20(17-32-22)15-23(29)27-11-13-28(14-12-27)24(30)26-19-5-3-2-4-6-19/h2-10,17H,11-16H2,1H3,(H,26,30). The molecule has 166 valence electrons. The number of thiazole rings is 1. The van der Waals surface area contributed by atoms with E-state index in [1.54, 1.807) is 9.80 Å². The lowest BCUT2D eigenvalue weighted by Gasteiger charge is -2.34. The second-order valence-corrected chi connectivity index (χ2v) is 8.62. The summed E-state index contributed by atoms with van der Waals surface area (Å²) in [7, 11) is 0. The Morgan fingerprint density at radius 2 is 1.69 bits per heavy atom. The molecule has 3 amide bonds. The SMILES string of the molecule is Cc1ccc(OCc2nc(CC(=O)N3CCN(C(=O)Nc4ccccc4)CC3)cs2)cc1. The number of amides is 3. The highest BCUT2D eigenvalue weighted by Crippen LogP contribution is 2.17. The normalized spacial score (nSPS) is 13.7. The van der Waals surface area contributed by atoms with Crippen molar-refractivity contribution in [1.82, 2.24) is 14.8 Å². The van der Waals surface area contributed by atoms with Crippen molar-refractivity contribution in [3.63, 3.8) is 0 Å². The second kappa shape index (κ2) is 10.3. The molecule has 0 spiro atoms. The minimum Gasteiger partial charge on any atom is -0.486 e. The molecule has 7 nitrogen and oxygen atoms in total. The van der Waals surface area contributed by atoms with Crippen LogP contribution in [-0.4, -0.2) is 52.9 Å². The van der Waals surface area contributed by atoms with Crippen LogP contribution < -0.4 is 10.1 Å². The van der Waals surface area contributed by atoms with Crippen molar-refractivity contribution in [3.05, 3.63) is 76.2 Å². The molecule has 1 aromatic heterocycles. The molecule has 0 unspecified atom stereocenters. The highest BCUT2D eigenvalue weighted by Gasteiger charge is 2.24. The highest BCUT2D eigenvalue weighted by atomic mass is 32.1. The summed E-state index contributed by atoms with van der Waals surface area (Å²) in [4.78, 5) is 33.2. The number of nitrogens with zero attached hydrogens (tertiary/aromatic N) is 3. The van der Waals surface area contributed by atoms with Crippen LogP contribution in [0.25, 0.3) is 0 Å². The zero-order valence-electron chi connectivity index (χ0n) is 18.0. The molecule has 1 aliphatic heterocycles. The van der Waals surface area contributed by atoms with E-state index in [1.165, 1.54) is 16.9 Å². The van der Waals surface area contributed by atoms with Gasteiger partial charge in [-0.2, -0.15) is 0 Å². The second-order valence-electron chi connectivity index (χ2n) is 7.68. The maximum Gasteiger partial charge on any atom is 0.321 e. The fourth-order valence-corrected chi connectivity index (χ4v) is 4.13. The third-order valence-electron chi connectivity index (χ3n) is 5.26. The summed E-state index contributed by atoms with van der Waals surface area (Å²) in [6, 6.07) is 17.1. The molecule has 4 rings (SSSR count). The van der Waals surface area contributed by atoms with E-state index >= 15 is 0 Å². The number of urea groups is 1. The Bertz CT molecular complexity index is 1040. The predicted molar refractivity (Wildman–Crippen MR) is 125 cm³/mol. The van der Waals surface area contributed by atoms with E-state index in [2.05, 4.69) is 10.3 Å². The number of para-hydroxylation sites is 1. The number of aromatic nitrogens is 1. The molecule has 0 radical (unpaired) electrons. The van der Waals surface area contributed by atoms with Gasteiger partial charge in [0.15, 0.2) is 0 Å². The van der Waals surface area contributed by atoms with Gasteiger partial charge in [0.2, 0.25) is 5.91 Å². The van der Waals surface area contributed by atoms with Crippen molar-refractivity contribution in [3.8, 4) is 5.75 Å². The van der Waals surface area contributed by atoms with Gasteiger partial charge >= 0.3 is 6.03 Å². The van der Waals surface area contributed by atoms with Gasteiger partial charge in [0.1, 0.15) is 17.4 Å². The van der Waals surface area contributed by atoms with Crippen LogP contribution in [0.3, 0.4) is 0 Å². The molecule has 1 fully saturated rings. The lowest BCUT2D eigenvalue weighted by Crippen LogP contribution is -2.52. The van der Waals surface area contributed by atoms with E-state index in [0.717, 1.165) is 22.1 Å². The molecule has 0 atom stereocenters. The Kier molecular flexibility index (Phi) is 7.01. The number of rotatable bonds is 6. The number of nitrogens with one attached hydrogen (secondary N) is 1.